The molecule has 0 aromatic heterocycles. The molecule has 1 aliphatic rings. The number of hydrogen-bond donors (Lipinski definition) is 1. The number of ketones is 1. The number of Topliss-reactive ketones (excluding diaryl/α,β-unsaturated/α-hetero) is 1. The second-order valence-electron chi connectivity index (χ2n) is 4.92. The normalized spacial score (nSPS) is 18.6. The van der Waals surface area contributed by atoms with Crippen molar-refractivity contribution in [3.63, 3.8) is 0 Å². The van der Waals surface area contributed by atoms with E-state index in [1.165, 1.54) is 19.2 Å². The second-order valence-corrected chi connectivity index (χ2v) is 6.68. The van der Waals surface area contributed by atoms with Crippen molar-refractivity contribution in [3.8, 4) is 5.75 Å². The molecule has 1 aromatic rings. The lowest BCUT2D eigenvalue weighted by atomic mass is 9.81. The Bertz CT molecular complexity index is 565. The maximum atomic E-state index is 12.0. The molecule has 0 bridgehead atoms. The van der Waals surface area contributed by atoms with Crippen LogP contribution in [0.3, 0.4) is 0 Å². The third kappa shape index (κ3) is 3.58. The number of carbonyl (C=O) groups excluding carboxylic acids is 1. The van der Waals surface area contributed by atoms with Crippen LogP contribution in [0.2, 0.25) is 0 Å². The van der Waals surface area contributed by atoms with Gasteiger partial charge in [-0.2, -0.15) is 0 Å². The third-order valence-corrected chi connectivity index (χ3v) is 5.06. The molecule has 2 rings (SSSR count). The maximum absolute atomic E-state index is 12.0. The number of benzene rings is 1. The summed E-state index contributed by atoms with van der Waals surface area (Å²) in [5, 5.41) is 0. The molecular weight excluding hydrogens is 278 g/mol. The van der Waals surface area contributed by atoms with Crippen molar-refractivity contribution in [2.24, 2.45) is 5.92 Å². The van der Waals surface area contributed by atoms with Crippen LogP contribution in [0.15, 0.2) is 29.2 Å². The molecule has 1 aromatic carbocycles. The number of ether oxygens (including phenoxy) is 1. The Morgan fingerprint density at radius 3 is 2.50 bits per heavy atom. The Morgan fingerprint density at radius 1 is 1.30 bits per heavy atom. The van der Waals surface area contributed by atoms with Gasteiger partial charge in [0.15, 0.2) is 0 Å². The van der Waals surface area contributed by atoms with Gasteiger partial charge in [-0.1, -0.05) is 0 Å². The highest BCUT2D eigenvalue weighted by Gasteiger charge is 2.27. The van der Waals surface area contributed by atoms with Gasteiger partial charge in [0, 0.05) is 18.9 Å². The van der Waals surface area contributed by atoms with Gasteiger partial charge in [0.25, 0.3) is 0 Å². The molecule has 0 amide bonds. The van der Waals surface area contributed by atoms with Crippen molar-refractivity contribution in [2.45, 2.75) is 30.6 Å². The Hall–Kier alpha value is -1.40. The van der Waals surface area contributed by atoms with Crippen LogP contribution in [0.1, 0.15) is 25.7 Å². The summed E-state index contributed by atoms with van der Waals surface area (Å²) in [6.07, 6.45) is 3.09. The summed E-state index contributed by atoms with van der Waals surface area (Å²) < 4.78 is 31.6. The smallest absolute Gasteiger partial charge is 0.240 e. The zero-order valence-electron chi connectivity index (χ0n) is 11.5. The van der Waals surface area contributed by atoms with Crippen LogP contribution in [0.5, 0.6) is 5.75 Å². The number of sulfonamides is 1. The first-order valence-electron chi connectivity index (χ1n) is 6.69. The van der Waals surface area contributed by atoms with Crippen LogP contribution in [-0.4, -0.2) is 27.9 Å². The standard InChI is InChI=1S/C14H19NO4S/c1-19-12-5-7-13(8-6-12)20(17,18)15-10-2-3-11-4-9-14(11)16/h5-8,11,15H,2-4,9-10H2,1H3. The molecule has 5 nitrogen and oxygen atoms in total. The summed E-state index contributed by atoms with van der Waals surface area (Å²) in [4.78, 5) is 11.4. The molecule has 1 N–H and O–H groups in total. The fourth-order valence-electron chi connectivity index (χ4n) is 2.16. The molecule has 20 heavy (non-hydrogen) atoms. The molecule has 1 aliphatic carbocycles. The van der Waals surface area contributed by atoms with Gasteiger partial charge >= 0.3 is 0 Å². The lowest BCUT2D eigenvalue weighted by Crippen LogP contribution is -2.28. The average Bonchev–Trinajstić information content (AvgIpc) is 2.45. The van der Waals surface area contributed by atoms with E-state index in [9.17, 15) is 13.2 Å². The zero-order valence-corrected chi connectivity index (χ0v) is 12.3. The summed E-state index contributed by atoms with van der Waals surface area (Å²) in [5.74, 6) is 1.08. The monoisotopic (exact) mass is 297 g/mol. The van der Waals surface area contributed by atoms with E-state index in [0.29, 0.717) is 30.9 Å². The van der Waals surface area contributed by atoms with E-state index in [0.717, 1.165) is 12.8 Å². The van der Waals surface area contributed by atoms with Crippen LogP contribution in [-0.2, 0) is 14.8 Å². The summed E-state index contributed by atoms with van der Waals surface area (Å²) in [7, 11) is -1.94. The van der Waals surface area contributed by atoms with Gasteiger partial charge in [0.05, 0.1) is 12.0 Å². The molecule has 1 fully saturated rings. The highest BCUT2D eigenvalue weighted by molar-refractivity contribution is 7.89. The van der Waals surface area contributed by atoms with E-state index in [4.69, 9.17) is 4.74 Å². The lowest BCUT2D eigenvalue weighted by molar-refractivity contribution is -0.129. The molecule has 1 atom stereocenters. The van der Waals surface area contributed by atoms with Crippen LogP contribution in [0.4, 0.5) is 0 Å². The van der Waals surface area contributed by atoms with Crippen molar-refractivity contribution < 1.29 is 17.9 Å². The van der Waals surface area contributed by atoms with Crippen molar-refractivity contribution in [1.82, 2.24) is 4.72 Å². The van der Waals surface area contributed by atoms with E-state index >= 15 is 0 Å². The minimum absolute atomic E-state index is 0.153. The number of rotatable bonds is 7. The highest BCUT2D eigenvalue weighted by atomic mass is 32.2. The quantitative estimate of drug-likeness (QED) is 0.778. The number of carbonyl (C=O) groups is 1. The Morgan fingerprint density at radius 2 is 2.00 bits per heavy atom. The van der Waals surface area contributed by atoms with E-state index in [2.05, 4.69) is 4.72 Å². The molecule has 1 unspecified atom stereocenters. The zero-order chi connectivity index (χ0) is 14.6. The first kappa shape index (κ1) is 15.0. The van der Waals surface area contributed by atoms with Crippen molar-refractivity contribution in [2.75, 3.05) is 13.7 Å². The molecule has 6 heteroatoms. The van der Waals surface area contributed by atoms with Crippen molar-refractivity contribution in [1.29, 1.82) is 0 Å². The van der Waals surface area contributed by atoms with Gasteiger partial charge < -0.3 is 4.74 Å². The molecule has 110 valence electrons. The van der Waals surface area contributed by atoms with E-state index in [1.54, 1.807) is 12.1 Å². The Balaban J connectivity index is 1.82. The van der Waals surface area contributed by atoms with Gasteiger partial charge in [0.1, 0.15) is 11.5 Å². The first-order valence-corrected chi connectivity index (χ1v) is 8.17. The van der Waals surface area contributed by atoms with Crippen LogP contribution >= 0.6 is 0 Å². The predicted octanol–water partition coefficient (Wildman–Crippen LogP) is 1.73. The second kappa shape index (κ2) is 6.37. The number of hydrogen-bond acceptors (Lipinski definition) is 4. The average molecular weight is 297 g/mol. The van der Waals surface area contributed by atoms with Gasteiger partial charge in [-0.25, -0.2) is 13.1 Å². The van der Waals surface area contributed by atoms with Gasteiger partial charge in [-0.15, -0.1) is 0 Å². The lowest BCUT2D eigenvalue weighted by Gasteiger charge is -2.23. The summed E-state index contributed by atoms with van der Waals surface area (Å²) in [6, 6.07) is 6.25. The number of methoxy groups -OCH3 is 1. The Kier molecular flexibility index (Phi) is 4.77. The van der Waals surface area contributed by atoms with Crippen LogP contribution in [0, 0.1) is 5.92 Å². The molecular formula is C14H19NO4S. The molecule has 0 saturated heterocycles. The molecule has 0 spiro atoms. The topological polar surface area (TPSA) is 72.5 Å². The van der Waals surface area contributed by atoms with E-state index in [-0.39, 0.29) is 10.8 Å². The molecule has 0 aliphatic heterocycles. The SMILES string of the molecule is COc1ccc(S(=O)(=O)NCCCC2CCC2=O)cc1. The molecule has 0 heterocycles. The van der Waals surface area contributed by atoms with Gasteiger partial charge in [-0.05, 0) is 43.5 Å². The van der Waals surface area contributed by atoms with Gasteiger partial charge in [0.2, 0.25) is 10.0 Å². The van der Waals surface area contributed by atoms with Crippen molar-refractivity contribution >= 4 is 15.8 Å². The third-order valence-electron chi connectivity index (χ3n) is 3.59. The maximum Gasteiger partial charge on any atom is 0.240 e. The van der Waals surface area contributed by atoms with E-state index < -0.39 is 10.0 Å². The molecule has 1 saturated carbocycles. The van der Waals surface area contributed by atoms with E-state index in [1.807, 2.05) is 0 Å². The predicted molar refractivity (Wildman–Crippen MR) is 75.1 cm³/mol. The highest BCUT2D eigenvalue weighted by Crippen LogP contribution is 2.26. The molecule has 0 radical (unpaired) electrons. The summed E-state index contributed by atoms with van der Waals surface area (Å²) in [5.41, 5.74) is 0. The Labute approximate surface area is 119 Å². The summed E-state index contributed by atoms with van der Waals surface area (Å²) in [6.45, 7) is 0.359. The fourth-order valence-corrected chi connectivity index (χ4v) is 3.24. The summed E-state index contributed by atoms with van der Waals surface area (Å²) >= 11 is 0. The van der Waals surface area contributed by atoms with Gasteiger partial charge in [-0.3, -0.25) is 4.79 Å². The van der Waals surface area contributed by atoms with Crippen molar-refractivity contribution in [3.05, 3.63) is 24.3 Å². The van der Waals surface area contributed by atoms with Crippen LogP contribution < -0.4 is 9.46 Å². The fraction of sp³-hybridized carbons (Fsp3) is 0.500. The minimum atomic E-state index is -3.48. The largest absolute Gasteiger partial charge is 0.497 e. The number of nitrogens with one attached hydrogen (secondary N) is 1. The minimum Gasteiger partial charge on any atom is -0.497 e. The van der Waals surface area contributed by atoms with Crippen LogP contribution in [0.25, 0.3) is 0 Å². The first-order chi connectivity index (χ1) is 9.53.